The van der Waals surface area contributed by atoms with Crippen LogP contribution in [0.5, 0.6) is 0 Å². The number of rotatable bonds is 8. The van der Waals surface area contributed by atoms with Crippen molar-refractivity contribution in [3.63, 3.8) is 0 Å². The lowest BCUT2D eigenvalue weighted by Crippen LogP contribution is -2.19. The van der Waals surface area contributed by atoms with Gasteiger partial charge in [-0.05, 0) is 43.7 Å². The van der Waals surface area contributed by atoms with Crippen molar-refractivity contribution in [2.24, 2.45) is 0 Å². The van der Waals surface area contributed by atoms with Crippen LogP contribution in [0.3, 0.4) is 0 Å². The lowest BCUT2D eigenvalue weighted by atomic mass is 10.0. The molecule has 0 radical (unpaired) electrons. The van der Waals surface area contributed by atoms with Crippen LogP contribution in [-0.4, -0.2) is 38.1 Å². The van der Waals surface area contributed by atoms with Crippen LogP contribution >= 0.6 is 0 Å². The molecular formula is C24H26FNO4. The van der Waals surface area contributed by atoms with Crippen molar-refractivity contribution in [3.8, 4) is 11.1 Å². The standard InChI is InChI=1S/C24H26FNO4/c1-15(2)26-21-6-4-3-5-20(21)24(16-7-9-17(25)10-8-16)22(26)12-11-18(27)13-19(28)14-23(29)30/h3-12,15,18-19,27-28H,13-14H2,1-2H3,(H,29,30)/b12-11-/t18-,19-/m1/s1/i29+2,30+2. The Kier molecular flexibility index (Phi) is 6.70. The molecule has 0 saturated carbocycles. The molecule has 0 bridgehead atoms. The number of benzene rings is 2. The highest BCUT2D eigenvalue weighted by Crippen LogP contribution is 2.38. The van der Waals surface area contributed by atoms with Gasteiger partial charge in [0.05, 0.1) is 18.6 Å². The minimum atomic E-state index is -1.13. The number of aliphatic carboxylic acids is 1. The summed E-state index contributed by atoms with van der Waals surface area (Å²) >= 11 is 0. The maximum Gasteiger partial charge on any atom is 0.305 e. The Morgan fingerprint density at radius 1 is 1.13 bits per heavy atom. The number of halogens is 1. The minimum absolute atomic E-state index is 0.0728. The van der Waals surface area contributed by atoms with Crippen LogP contribution in [0, 0.1) is 5.82 Å². The summed E-state index contributed by atoms with van der Waals surface area (Å²) in [5, 5.41) is 29.9. The molecule has 0 fully saturated rings. The molecular weight excluding hydrogens is 389 g/mol. The number of fused-ring (bicyclic) bond motifs is 1. The highest BCUT2D eigenvalue weighted by atomic mass is 19.1. The van der Waals surface area contributed by atoms with Crippen molar-refractivity contribution >= 4 is 22.9 Å². The first-order valence-corrected chi connectivity index (χ1v) is 9.93. The van der Waals surface area contributed by atoms with Crippen molar-refractivity contribution in [1.82, 2.24) is 4.57 Å². The highest BCUT2D eigenvalue weighted by molar-refractivity contribution is 6.01. The van der Waals surface area contributed by atoms with E-state index in [1.54, 1.807) is 24.3 Å². The molecule has 0 aliphatic rings. The quantitative estimate of drug-likeness (QED) is 0.469. The van der Waals surface area contributed by atoms with Crippen LogP contribution in [0.1, 0.15) is 38.4 Å². The zero-order chi connectivity index (χ0) is 21.8. The van der Waals surface area contributed by atoms with Crippen molar-refractivity contribution in [2.75, 3.05) is 0 Å². The normalized spacial score (nSPS) is 13.9. The van der Waals surface area contributed by atoms with E-state index in [1.165, 1.54) is 12.1 Å². The maximum absolute atomic E-state index is 13.5. The van der Waals surface area contributed by atoms with Gasteiger partial charge in [0.1, 0.15) is 5.82 Å². The maximum atomic E-state index is 13.5. The van der Waals surface area contributed by atoms with E-state index in [-0.39, 0.29) is 18.3 Å². The first-order chi connectivity index (χ1) is 14.3. The fourth-order valence-electron chi connectivity index (χ4n) is 3.77. The molecule has 0 spiro atoms. The Labute approximate surface area is 174 Å². The molecule has 0 unspecified atom stereocenters. The van der Waals surface area contributed by atoms with Gasteiger partial charge >= 0.3 is 5.97 Å². The zero-order valence-corrected chi connectivity index (χ0v) is 17.0. The molecule has 0 amide bonds. The van der Waals surface area contributed by atoms with E-state index in [0.717, 1.165) is 27.7 Å². The third kappa shape index (κ3) is 4.78. The van der Waals surface area contributed by atoms with Gasteiger partial charge in [0, 0.05) is 34.6 Å². The van der Waals surface area contributed by atoms with Crippen molar-refractivity contribution < 1.29 is 24.5 Å². The monoisotopic (exact) mass is 415 g/mol. The number of hydrogen-bond donors (Lipinski definition) is 3. The van der Waals surface area contributed by atoms with E-state index in [2.05, 4.69) is 18.4 Å². The number of carboxylic acids is 1. The number of hydrogen-bond acceptors (Lipinski definition) is 3. The van der Waals surface area contributed by atoms with E-state index < -0.39 is 24.6 Å². The Morgan fingerprint density at radius 3 is 2.43 bits per heavy atom. The van der Waals surface area contributed by atoms with Crippen molar-refractivity contribution in [2.45, 2.75) is 44.9 Å². The van der Waals surface area contributed by atoms with Crippen molar-refractivity contribution in [1.29, 1.82) is 0 Å². The first kappa shape index (κ1) is 21.7. The summed E-state index contributed by atoms with van der Waals surface area (Å²) in [5.74, 6) is -1.43. The topological polar surface area (TPSA) is 82.7 Å². The Hall–Kier alpha value is -2.96. The molecule has 1 aromatic heterocycles. The molecule has 3 aromatic rings. The van der Waals surface area contributed by atoms with Crippen LogP contribution in [0.15, 0.2) is 54.6 Å². The molecule has 3 N–H and O–H groups in total. The third-order valence-electron chi connectivity index (χ3n) is 5.00. The Morgan fingerprint density at radius 2 is 1.80 bits per heavy atom. The molecule has 3 rings (SSSR count). The SMILES string of the molecule is CC(C)n1c(/C=C\[C@@H](O)C[C@@H](O)CC(=[18O])[18OH])c(-c2ccc(F)cc2)c2ccccc21. The molecule has 0 aliphatic carbocycles. The van der Waals surface area contributed by atoms with Gasteiger partial charge in [0.25, 0.3) is 0 Å². The van der Waals surface area contributed by atoms with E-state index in [1.807, 2.05) is 24.3 Å². The largest absolute Gasteiger partial charge is 0.481 e. The number of carboxylic acid groups (broad SMARTS) is 1. The van der Waals surface area contributed by atoms with E-state index in [4.69, 9.17) is 5.11 Å². The molecule has 1 heterocycles. The second-order valence-electron chi connectivity index (χ2n) is 7.66. The second-order valence-corrected chi connectivity index (χ2v) is 7.66. The second kappa shape index (κ2) is 9.24. The van der Waals surface area contributed by atoms with Crippen LogP contribution in [0.25, 0.3) is 28.1 Å². The molecule has 2 atom stereocenters. The van der Waals surface area contributed by atoms with Gasteiger partial charge in [-0.1, -0.05) is 36.4 Å². The van der Waals surface area contributed by atoms with Gasteiger partial charge in [-0.2, -0.15) is 0 Å². The van der Waals surface area contributed by atoms with Gasteiger partial charge in [-0.3, -0.25) is 4.79 Å². The zero-order valence-electron chi connectivity index (χ0n) is 17.0. The average Bonchev–Trinajstić information content (AvgIpc) is 3.00. The lowest BCUT2D eigenvalue weighted by molar-refractivity contribution is -0.139. The molecule has 158 valence electrons. The average molecular weight is 415 g/mol. The minimum Gasteiger partial charge on any atom is -0.481 e. The fraction of sp³-hybridized carbons (Fsp3) is 0.292. The van der Waals surface area contributed by atoms with E-state index in [9.17, 15) is 19.4 Å². The molecule has 2 aromatic carbocycles. The number of carbonyl (C=O) groups is 1. The summed E-state index contributed by atoms with van der Waals surface area (Å²) in [6, 6.07) is 14.4. The van der Waals surface area contributed by atoms with Gasteiger partial charge in [-0.15, -0.1) is 0 Å². The Bertz CT molecular complexity index is 1050. The molecule has 0 saturated heterocycles. The highest BCUT2D eigenvalue weighted by Gasteiger charge is 2.19. The summed E-state index contributed by atoms with van der Waals surface area (Å²) in [4.78, 5) is 10.7. The predicted octanol–water partition coefficient (Wildman–Crippen LogP) is 4.63. The molecule has 6 heteroatoms. The lowest BCUT2D eigenvalue weighted by Gasteiger charge is -2.15. The summed E-state index contributed by atoms with van der Waals surface area (Å²) in [5.41, 5.74) is 3.65. The summed E-state index contributed by atoms with van der Waals surface area (Å²) < 4.78 is 15.6. The third-order valence-corrected chi connectivity index (χ3v) is 5.00. The number of aromatic nitrogens is 1. The fourth-order valence-corrected chi connectivity index (χ4v) is 3.77. The summed E-state index contributed by atoms with van der Waals surface area (Å²) in [7, 11) is 0. The van der Waals surface area contributed by atoms with E-state index >= 15 is 0 Å². The van der Waals surface area contributed by atoms with Crippen LogP contribution in [-0.2, 0) is 4.79 Å². The summed E-state index contributed by atoms with van der Waals surface area (Å²) in [6.45, 7) is 4.12. The predicted molar refractivity (Wildman–Crippen MR) is 116 cm³/mol. The number of nitrogens with zero attached hydrogens (tertiary/aromatic N) is 1. The van der Waals surface area contributed by atoms with Crippen LogP contribution in [0.2, 0.25) is 0 Å². The number of aliphatic hydroxyl groups excluding tert-OH is 2. The van der Waals surface area contributed by atoms with E-state index in [0.29, 0.717) is 0 Å². The summed E-state index contributed by atoms with van der Waals surface area (Å²) in [6.07, 6.45) is 0.727. The van der Waals surface area contributed by atoms with Gasteiger partial charge in [0.15, 0.2) is 0 Å². The molecule has 30 heavy (non-hydrogen) atoms. The molecule has 0 aliphatic heterocycles. The van der Waals surface area contributed by atoms with Gasteiger partial charge in [-0.25, -0.2) is 4.39 Å². The van der Waals surface area contributed by atoms with Crippen molar-refractivity contribution in [3.05, 3.63) is 66.1 Å². The smallest absolute Gasteiger partial charge is 0.305 e. The van der Waals surface area contributed by atoms with Gasteiger partial charge < -0.3 is 19.9 Å². The molecule has 5 nitrogen and oxygen atoms in total. The first-order valence-electron chi connectivity index (χ1n) is 9.93. The van der Waals surface area contributed by atoms with Crippen LogP contribution < -0.4 is 0 Å². The number of aliphatic hydroxyl groups is 2. The number of para-hydroxylation sites is 1. The Balaban J connectivity index is 2.08. The van der Waals surface area contributed by atoms with Crippen LogP contribution in [0.4, 0.5) is 4.39 Å². The van der Waals surface area contributed by atoms with Gasteiger partial charge in [0.2, 0.25) is 0 Å².